The first-order valence-electron chi connectivity index (χ1n) is 5.93. The van der Waals surface area contributed by atoms with E-state index in [-0.39, 0.29) is 11.7 Å². The molecule has 1 aliphatic heterocycles. The summed E-state index contributed by atoms with van der Waals surface area (Å²) in [6.45, 7) is 3.62. The van der Waals surface area contributed by atoms with Gasteiger partial charge >= 0.3 is 0 Å². The average molecular weight is 286 g/mol. The zero-order valence-electron chi connectivity index (χ0n) is 10.2. The number of halogens is 1. The van der Waals surface area contributed by atoms with Crippen molar-refractivity contribution in [2.45, 2.75) is 6.92 Å². The molecular weight excluding hydrogens is 270 g/mol. The second-order valence-corrected chi connectivity index (χ2v) is 6.18. The Morgan fingerprint density at radius 1 is 1.56 bits per heavy atom. The van der Waals surface area contributed by atoms with Gasteiger partial charge in [0, 0.05) is 23.9 Å². The smallest absolute Gasteiger partial charge is 0.257 e. The molecule has 0 aliphatic carbocycles. The van der Waals surface area contributed by atoms with Crippen molar-refractivity contribution in [3.05, 3.63) is 28.8 Å². The van der Waals surface area contributed by atoms with Crippen molar-refractivity contribution in [1.29, 1.82) is 0 Å². The van der Waals surface area contributed by atoms with E-state index >= 15 is 0 Å². The molecule has 1 amide bonds. The Balaban J connectivity index is 2.19. The first kappa shape index (κ1) is 13.6. The molecule has 18 heavy (non-hydrogen) atoms. The van der Waals surface area contributed by atoms with E-state index in [0.29, 0.717) is 16.5 Å². The lowest BCUT2D eigenvalue weighted by Crippen LogP contribution is -2.35. The molecule has 1 aliphatic rings. The van der Waals surface area contributed by atoms with E-state index in [2.05, 4.69) is 6.92 Å². The van der Waals surface area contributed by atoms with Crippen LogP contribution in [0.2, 0.25) is 5.02 Å². The van der Waals surface area contributed by atoms with Crippen LogP contribution in [0.4, 0.5) is 0 Å². The van der Waals surface area contributed by atoms with Crippen LogP contribution in [0.1, 0.15) is 17.3 Å². The highest BCUT2D eigenvalue weighted by Crippen LogP contribution is 2.25. The quantitative estimate of drug-likeness (QED) is 0.862. The molecule has 1 fully saturated rings. The third-order valence-electron chi connectivity index (χ3n) is 2.92. The third-order valence-corrected chi connectivity index (χ3v) is 4.43. The lowest BCUT2D eigenvalue weighted by molar-refractivity contribution is 0.0748. The minimum Gasteiger partial charge on any atom is -0.507 e. The number of hydrogen-bond acceptors (Lipinski definition) is 3. The maximum Gasteiger partial charge on any atom is 0.257 e. The third kappa shape index (κ3) is 3.12. The lowest BCUT2D eigenvalue weighted by Gasteiger charge is -2.22. The molecule has 0 aromatic heterocycles. The summed E-state index contributed by atoms with van der Waals surface area (Å²) in [5.41, 5.74) is 0.332. The van der Waals surface area contributed by atoms with Crippen molar-refractivity contribution in [2.24, 2.45) is 5.92 Å². The summed E-state index contributed by atoms with van der Waals surface area (Å²) >= 11 is 7.64. The zero-order chi connectivity index (χ0) is 13.1. The summed E-state index contributed by atoms with van der Waals surface area (Å²) in [7, 11) is 0. The van der Waals surface area contributed by atoms with Gasteiger partial charge in [0.25, 0.3) is 5.91 Å². The summed E-state index contributed by atoms with van der Waals surface area (Å²) in [6, 6.07) is 4.62. The van der Waals surface area contributed by atoms with E-state index in [1.807, 2.05) is 16.7 Å². The Morgan fingerprint density at radius 2 is 2.33 bits per heavy atom. The van der Waals surface area contributed by atoms with Gasteiger partial charge in [-0.1, -0.05) is 18.5 Å². The Hall–Kier alpha value is -0.870. The van der Waals surface area contributed by atoms with Gasteiger partial charge in [0.1, 0.15) is 5.75 Å². The monoisotopic (exact) mass is 285 g/mol. The van der Waals surface area contributed by atoms with Crippen LogP contribution in [0.25, 0.3) is 0 Å². The van der Waals surface area contributed by atoms with Crippen molar-refractivity contribution in [3.8, 4) is 5.75 Å². The summed E-state index contributed by atoms with van der Waals surface area (Å²) < 4.78 is 0. The topological polar surface area (TPSA) is 40.5 Å². The van der Waals surface area contributed by atoms with E-state index in [4.69, 9.17) is 11.6 Å². The standard InChI is InChI=1S/C13H16ClNO2S/c1-9-7-15(4-5-18-8-9)13(17)11-3-2-10(14)6-12(11)16/h2-3,6,9,16H,4-5,7-8H2,1H3. The van der Waals surface area contributed by atoms with Crippen molar-refractivity contribution in [2.75, 3.05) is 24.6 Å². The highest BCUT2D eigenvalue weighted by atomic mass is 35.5. The first-order chi connectivity index (χ1) is 8.58. The Bertz CT molecular complexity index is 453. The number of aromatic hydroxyl groups is 1. The van der Waals surface area contributed by atoms with Crippen LogP contribution in [0, 0.1) is 5.92 Å². The van der Waals surface area contributed by atoms with Crippen LogP contribution in [0.5, 0.6) is 5.75 Å². The van der Waals surface area contributed by atoms with E-state index in [9.17, 15) is 9.90 Å². The van der Waals surface area contributed by atoms with Crippen LogP contribution in [-0.2, 0) is 0 Å². The second kappa shape index (κ2) is 5.85. The predicted octanol–water partition coefficient (Wildman–Crippen LogP) is 2.87. The SMILES string of the molecule is CC1CSCCN(C(=O)c2ccc(Cl)cc2O)C1. The molecule has 1 aromatic rings. The van der Waals surface area contributed by atoms with Gasteiger partial charge < -0.3 is 10.0 Å². The van der Waals surface area contributed by atoms with Crippen LogP contribution in [-0.4, -0.2) is 40.5 Å². The van der Waals surface area contributed by atoms with Gasteiger partial charge in [-0.3, -0.25) is 4.79 Å². The van der Waals surface area contributed by atoms with Gasteiger partial charge in [-0.2, -0.15) is 11.8 Å². The molecule has 0 bridgehead atoms. The van der Waals surface area contributed by atoms with E-state index < -0.39 is 0 Å². The van der Waals surface area contributed by atoms with Gasteiger partial charge in [-0.25, -0.2) is 0 Å². The maximum atomic E-state index is 12.3. The van der Waals surface area contributed by atoms with Crippen LogP contribution in [0.3, 0.4) is 0 Å². The van der Waals surface area contributed by atoms with E-state index in [1.54, 1.807) is 12.1 Å². The number of nitrogens with zero attached hydrogens (tertiary/aromatic N) is 1. The minimum atomic E-state index is -0.112. The van der Waals surface area contributed by atoms with Gasteiger partial charge in [0.2, 0.25) is 0 Å². The molecule has 1 unspecified atom stereocenters. The molecule has 0 spiro atoms. The molecular formula is C13H16ClNO2S. The number of phenols is 1. The molecule has 0 saturated carbocycles. The number of hydrogen-bond donors (Lipinski definition) is 1. The summed E-state index contributed by atoms with van der Waals surface area (Å²) in [5.74, 6) is 2.35. The normalized spacial score (nSPS) is 20.6. The van der Waals surface area contributed by atoms with E-state index in [1.165, 1.54) is 6.07 Å². The fourth-order valence-electron chi connectivity index (χ4n) is 2.02. The highest BCUT2D eigenvalue weighted by molar-refractivity contribution is 7.99. The number of carbonyl (C=O) groups is 1. The maximum absolute atomic E-state index is 12.3. The van der Waals surface area contributed by atoms with E-state index in [0.717, 1.165) is 24.6 Å². The zero-order valence-corrected chi connectivity index (χ0v) is 11.8. The van der Waals surface area contributed by atoms with Crippen molar-refractivity contribution < 1.29 is 9.90 Å². The molecule has 1 N–H and O–H groups in total. The average Bonchev–Trinajstić information content (AvgIpc) is 2.53. The van der Waals surface area contributed by atoms with Crippen molar-refractivity contribution >= 4 is 29.3 Å². The Kier molecular flexibility index (Phi) is 4.40. The van der Waals surface area contributed by atoms with Gasteiger partial charge in [-0.05, 0) is 29.9 Å². The highest BCUT2D eigenvalue weighted by Gasteiger charge is 2.22. The number of benzene rings is 1. The van der Waals surface area contributed by atoms with Crippen LogP contribution in [0.15, 0.2) is 18.2 Å². The Morgan fingerprint density at radius 3 is 3.06 bits per heavy atom. The van der Waals surface area contributed by atoms with Gasteiger partial charge in [0.15, 0.2) is 0 Å². The molecule has 1 saturated heterocycles. The largest absolute Gasteiger partial charge is 0.507 e. The molecule has 1 aromatic carbocycles. The molecule has 1 atom stereocenters. The van der Waals surface area contributed by atoms with Crippen LogP contribution < -0.4 is 0 Å². The van der Waals surface area contributed by atoms with Gasteiger partial charge in [-0.15, -0.1) is 0 Å². The van der Waals surface area contributed by atoms with Crippen molar-refractivity contribution in [3.63, 3.8) is 0 Å². The number of carbonyl (C=O) groups excluding carboxylic acids is 1. The summed E-state index contributed by atoms with van der Waals surface area (Å²) in [6.07, 6.45) is 0. The molecule has 5 heteroatoms. The van der Waals surface area contributed by atoms with Crippen molar-refractivity contribution in [1.82, 2.24) is 4.90 Å². The number of rotatable bonds is 1. The molecule has 2 rings (SSSR count). The summed E-state index contributed by atoms with van der Waals surface area (Å²) in [4.78, 5) is 14.2. The number of amides is 1. The lowest BCUT2D eigenvalue weighted by atomic mass is 10.1. The van der Waals surface area contributed by atoms with Gasteiger partial charge in [0.05, 0.1) is 5.56 Å². The second-order valence-electron chi connectivity index (χ2n) is 4.59. The first-order valence-corrected chi connectivity index (χ1v) is 7.46. The minimum absolute atomic E-state index is 0.0444. The molecule has 98 valence electrons. The fourth-order valence-corrected chi connectivity index (χ4v) is 3.21. The number of phenolic OH excluding ortho intramolecular Hbond substituents is 1. The molecule has 0 radical (unpaired) electrons. The summed E-state index contributed by atoms with van der Waals surface area (Å²) in [5, 5.41) is 10.2. The Labute approximate surface area is 116 Å². The predicted molar refractivity (Wildman–Crippen MR) is 75.5 cm³/mol. The number of thioether (sulfide) groups is 1. The van der Waals surface area contributed by atoms with Crippen LogP contribution >= 0.6 is 23.4 Å². The molecule has 3 nitrogen and oxygen atoms in total. The fraction of sp³-hybridized carbons (Fsp3) is 0.462. The molecule has 1 heterocycles.